The highest BCUT2D eigenvalue weighted by Crippen LogP contribution is 2.32. The summed E-state index contributed by atoms with van der Waals surface area (Å²) < 4.78 is 5.29. The molecule has 0 fully saturated rings. The second-order valence-corrected chi connectivity index (χ2v) is 5.65. The highest BCUT2D eigenvalue weighted by molar-refractivity contribution is 6.30. The van der Waals surface area contributed by atoms with Crippen molar-refractivity contribution in [1.82, 2.24) is 0 Å². The average molecular weight is 305 g/mol. The van der Waals surface area contributed by atoms with Gasteiger partial charge in [0.15, 0.2) is 0 Å². The Morgan fingerprint density at radius 2 is 2.00 bits per heavy atom. The van der Waals surface area contributed by atoms with Gasteiger partial charge in [-0.3, -0.25) is 0 Å². The summed E-state index contributed by atoms with van der Waals surface area (Å²) >= 11 is 6.16. The minimum atomic E-state index is 0.101. The highest BCUT2D eigenvalue weighted by atomic mass is 35.5. The first-order valence-corrected chi connectivity index (χ1v) is 7.31. The maximum absolute atomic E-state index is 6.16. The lowest BCUT2D eigenvalue weighted by molar-refractivity contribution is 0.415. The molecule has 2 aromatic rings. The van der Waals surface area contributed by atoms with E-state index in [0.29, 0.717) is 5.02 Å². The Bertz CT molecular complexity index is 613. The second kappa shape index (κ2) is 6.83. The van der Waals surface area contributed by atoms with Crippen molar-refractivity contribution in [2.45, 2.75) is 19.4 Å². The van der Waals surface area contributed by atoms with Crippen LogP contribution in [-0.4, -0.2) is 20.2 Å². The van der Waals surface area contributed by atoms with Crippen LogP contribution in [0.4, 0.5) is 11.4 Å². The van der Waals surface area contributed by atoms with Crippen molar-refractivity contribution in [2.24, 2.45) is 5.73 Å². The summed E-state index contributed by atoms with van der Waals surface area (Å²) in [4.78, 5) is 2.10. The summed E-state index contributed by atoms with van der Waals surface area (Å²) in [7, 11) is 3.69. The lowest BCUT2D eigenvalue weighted by Gasteiger charge is -2.24. The van der Waals surface area contributed by atoms with Crippen LogP contribution in [-0.2, 0) is 6.42 Å². The minimum Gasteiger partial charge on any atom is -0.497 e. The predicted molar refractivity (Wildman–Crippen MR) is 89.9 cm³/mol. The van der Waals surface area contributed by atoms with Gasteiger partial charge in [-0.25, -0.2) is 0 Å². The number of nitrogens with two attached hydrogens (primary N) is 1. The number of hydrogen-bond acceptors (Lipinski definition) is 3. The summed E-state index contributed by atoms with van der Waals surface area (Å²) in [6.45, 7) is 2.00. The van der Waals surface area contributed by atoms with Gasteiger partial charge in [0.2, 0.25) is 0 Å². The van der Waals surface area contributed by atoms with Gasteiger partial charge in [-0.1, -0.05) is 23.7 Å². The Hall–Kier alpha value is -1.71. The molecule has 0 bridgehead atoms. The van der Waals surface area contributed by atoms with E-state index in [-0.39, 0.29) is 6.04 Å². The van der Waals surface area contributed by atoms with Gasteiger partial charge in [0.1, 0.15) is 5.75 Å². The molecule has 1 unspecified atom stereocenters. The van der Waals surface area contributed by atoms with Crippen molar-refractivity contribution in [3.63, 3.8) is 0 Å². The van der Waals surface area contributed by atoms with Gasteiger partial charge in [-0.15, -0.1) is 0 Å². The number of hydrogen-bond donors (Lipinski definition) is 1. The van der Waals surface area contributed by atoms with Crippen LogP contribution in [0.5, 0.6) is 5.75 Å². The molecule has 0 aliphatic carbocycles. The second-order valence-electron chi connectivity index (χ2n) is 5.21. The number of anilines is 2. The zero-order valence-corrected chi connectivity index (χ0v) is 13.4. The summed E-state index contributed by atoms with van der Waals surface area (Å²) in [6.07, 6.45) is 0.806. The van der Waals surface area contributed by atoms with Crippen LogP contribution in [0, 0.1) is 0 Å². The van der Waals surface area contributed by atoms with Gasteiger partial charge in [-0.2, -0.15) is 0 Å². The quantitative estimate of drug-likeness (QED) is 0.907. The Balaban J connectivity index is 2.41. The molecular weight excluding hydrogens is 284 g/mol. The highest BCUT2D eigenvalue weighted by Gasteiger charge is 2.12. The first-order valence-electron chi connectivity index (χ1n) is 6.93. The monoisotopic (exact) mass is 304 g/mol. The van der Waals surface area contributed by atoms with Gasteiger partial charge >= 0.3 is 0 Å². The number of benzene rings is 2. The fourth-order valence-corrected chi connectivity index (χ4v) is 2.49. The van der Waals surface area contributed by atoms with Crippen LogP contribution in [0.25, 0.3) is 0 Å². The maximum Gasteiger partial charge on any atom is 0.120 e. The number of methoxy groups -OCH3 is 1. The van der Waals surface area contributed by atoms with Crippen molar-refractivity contribution in [1.29, 1.82) is 0 Å². The molecule has 4 heteroatoms. The zero-order valence-electron chi connectivity index (χ0n) is 12.6. The molecule has 0 aromatic heterocycles. The van der Waals surface area contributed by atoms with E-state index in [2.05, 4.69) is 4.90 Å². The van der Waals surface area contributed by atoms with Gasteiger partial charge in [0, 0.05) is 35.6 Å². The van der Waals surface area contributed by atoms with Crippen LogP contribution in [0.1, 0.15) is 12.5 Å². The van der Waals surface area contributed by atoms with Gasteiger partial charge in [0.05, 0.1) is 7.11 Å². The molecule has 2 rings (SSSR count). The Morgan fingerprint density at radius 1 is 1.24 bits per heavy atom. The first kappa shape index (κ1) is 15.7. The molecule has 2 aromatic carbocycles. The molecule has 0 amide bonds. The van der Waals surface area contributed by atoms with E-state index in [1.165, 1.54) is 5.56 Å². The van der Waals surface area contributed by atoms with Gasteiger partial charge in [-0.05, 0) is 43.2 Å². The SMILES string of the molecule is COc1cccc(N(C)c2cc(Cl)ccc2CC(C)N)c1. The maximum atomic E-state index is 6.16. The molecular formula is C17H21ClN2O. The van der Waals surface area contributed by atoms with Crippen molar-refractivity contribution < 1.29 is 4.74 Å². The summed E-state index contributed by atoms with van der Waals surface area (Å²) in [5.74, 6) is 0.829. The molecule has 0 saturated carbocycles. The van der Waals surface area contributed by atoms with E-state index in [0.717, 1.165) is 23.5 Å². The van der Waals surface area contributed by atoms with E-state index in [1.807, 2.05) is 56.4 Å². The van der Waals surface area contributed by atoms with Crippen molar-refractivity contribution in [3.8, 4) is 5.75 Å². The Morgan fingerprint density at radius 3 is 2.67 bits per heavy atom. The summed E-state index contributed by atoms with van der Waals surface area (Å²) in [5.41, 5.74) is 9.23. The molecule has 0 heterocycles. The third-order valence-corrected chi connectivity index (χ3v) is 3.63. The van der Waals surface area contributed by atoms with Crippen LogP contribution in [0.15, 0.2) is 42.5 Å². The fourth-order valence-electron chi connectivity index (χ4n) is 2.33. The van der Waals surface area contributed by atoms with Gasteiger partial charge < -0.3 is 15.4 Å². The average Bonchev–Trinajstić information content (AvgIpc) is 2.48. The number of nitrogens with zero attached hydrogens (tertiary/aromatic N) is 1. The molecule has 2 N–H and O–H groups in total. The number of ether oxygens (including phenoxy) is 1. The first-order chi connectivity index (χ1) is 10.0. The number of rotatable bonds is 5. The summed E-state index contributed by atoms with van der Waals surface area (Å²) in [6, 6.07) is 14.0. The molecule has 21 heavy (non-hydrogen) atoms. The van der Waals surface area contributed by atoms with E-state index >= 15 is 0 Å². The van der Waals surface area contributed by atoms with Crippen LogP contribution in [0.3, 0.4) is 0 Å². The van der Waals surface area contributed by atoms with E-state index < -0.39 is 0 Å². The third kappa shape index (κ3) is 3.90. The topological polar surface area (TPSA) is 38.5 Å². The molecule has 0 aliphatic rings. The minimum absolute atomic E-state index is 0.101. The van der Waals surface area contributed by atoms with Crippen molar-refractivity contribution in [2.75, 3.05) is 19.1 Å². The van der Waals surface area contributed by atoms with Crippen LogP contribution in [0.2, 0.25) is 5.02 Å². The molecule has 0 radical (unpaired) electrons. The Kier molecular flexibility index (Phi) is 5.10. The largest absolute Gasteiger partial charge is 0.497 e. The summed E-state index contributed by atoms with van der Waals surface area (Å²) in [5, 5.41) is 0.716. The molecule has 0 aliphatic heterocycles. The lowest BCUT2D eigenvalue weighted by atomic mass is 10.0. The normalized spacial score (nSPS) is 12.0. The van der Waals surface area contributed by atoms with Crippen LogP contribution >= 0.6 is 11.6 Å². The molecule has 112 valence electrons. The number of halogens is 1. The van der Waals surface area contributed by atoms with Crippen molar-refractivity contribution in [3.05, 3.63) is 53.1 Å². The molecule has 0 saturated heterocycles. The fraction of sp³-hybridized carbons (Fsp3) is 0.294. The van der Waals surface area contributed by atoms with E-state index in [1.54, 1.807) is 7.11 Å². The smallest absolute Gasteiger partial charge is 0.120 e. The lowest BCUT2D eigenvalue weighted by Crippen LogP contribution is -2.20. The molecule has 1 atom stereocenters. The van der Waals surface area contributed by atoms with Crippen molar-refractivity contribution >= 4 is 23.0 Å². The molecule has 0 spiro atoms. The zero-order chi connectivity index (χ0) is 15.4. The van der Waals surface area contributed by atoms with E-state index in [9.17, 15) is 0 Å². The molecule has 3 nitrogen and oxygen atoms in total. The standard InChI is InChI=1S/C17H21ClN2O/c1-12(19)9-13-7-8-14(18)10-17(13)20(2)15-5-4-6-16(11-15)21-3/h4-8,10-12H,9,19H2,1-3H3. The predicted octanol–water partition coefficient (Wildman–Crippen LogP) is 4.01. The van der Waals surface area contributed by atoms with Crippen LogP contribution < -0.4 is 15.4 Å². The van der Waals surface area contributed by atoms with Gasteiger partial charge in [0.25, 0.3) is 0 Å². The van der Waals surface area contributed by atoms with E-state index in [4.69, 9.17) is 22.1 Å². The third-order valence-electron chi connectivity index (χ3n) is 3.39. The Labute approximate surface area is 131 Å².